The van der Waals surface area contributed by atoms with Crippen LogP contribution in [0.4, 0.5) is 0 Å². The van der Waals surface area contributed by atoms with Crippen molar-refractivity contribution in [1.29, 1.82) is 0 Å². The van der Waals surface area contributed by atoms with Crippen LogP contribution in [0.15, 0.2) is 47.1 Å². The standard InChI is InChI=1S/C19H22N2O5/c22-17(8-1-2-9-18(23)24)20-12-14-5-3-6-15(11-14)19(25)21-13-16-7-4-10-26-16/h3-7,10-11H,1-2,8-9,12-13H2,(H,20,22)(H,21,25)(H,23,24). The maximum atomic E-state index is 12.2. The van der Waals surface area contributed by atoms with Crippen LogP contribution in [0, 0.1) is 0 Å². The SMILES string of the molecule is O=C(O)CCCCC(=O)NCc1cccc(C(=O)NCc2ccco2)c1. The lowest BCUT2D eigenvalue weighted by Gasteiger charge is -2.08. The van der Waals surface area contributed by atoms with Gasteiger partial charge >= 0.3 is 5.97 Å². The number of hydrogen-bond donors (Lipinski definition) is 3. The first-order valence-electron chi connectivity index (χ1n) is 8.42. The van der Waals surface area contributed by atoms with Crippen LogP contribution in [0.1, 0.15) is 47.4 Å². The Kier molecular flexibility index (Phi) is 7.42. The maximum Gasteiger partial charge on any atom is 0.303 e. The topological polar surface area (TPSA) is 109 Å². The molecule has 0 radical (unpaired) electrons. The van der Waals surface area contributed by atoms with Crippen LogP contribution < -0.4 is 10.6 Å². The molecule has 1 aromatic heterocycles. The van der Waals surface area contributed by atoms with Gasteiger partial charge in [-0.2, -0.15) is 0 Å². The molecule has 138 valence electrons. The minimum absolute atomic E-state index is 0.0719. The second kappa shape index (κ2) is 10.0. The number of benzene rings is 1. The van der Waals surface area contributed by atoms with Gasteiger partial charge in [0.25, 0.3) is 5.91 Å². The van der Waals surface area contributed by atoms with Gasteiger partial charge in [0.2, 0.25) is 5.91 Å². The highest BCUT2D eigenvalue weighted by Crippen LogP contribution is 2.07. The summed E-state index contributed by atoms with van der Waals surface area (Å²) in [5, 5.41) is 14.1. The minimum atomic E-state index is -0.854. The van der Waals surface area contributed by atoms with Gasteiger partial charge in [-0.1, -0.05) is 12.1 Å². The molecule has 2 rings (SSSR count). The summed E-state index contributed by atoms with van der Waals surface area (Å²) in [6, 6.07) is 10.6. The normalized spacial score (nSPS) is 10.3. The zero-order chi connectivity index (χ0) is 18.8. The predicted molar refractivity (Wildman–Crippen MR) is 94.3 cm³/mol. The number of unbranched alkanes of at least 4 members (excludes halogenated alkanes) is 1. The number of carbonyl (C=O) groups is 3. The van der Waals surface area contributed by atoms with Crippen molar-refractivity contribution in [2.75, 3.05) is 0 Å². The summed E-state index contributed by atoms with van der Waals surface area (Å²) in [7, 11) is 0. The van der Waals surface area contributed by atoms with Crippen molar-refractivity contribution < 1.29 is 23.9 Å². The molecule has 26 heavy (non-hydrogen) atoms. The van der Waals surface area contributed by atoms with Crippen molar-refractivity contribution in [1.82, 2.24) is 10.6 Å². The molecule has 0 bridgehead atoms. The number of amides is 2. The Bertz CT molecular complexity index is 740. The smallest absolute Gasteiger partial charge is 0.303 e. The molecule has 2 aromatic rings. The maximum absolute atomic E-state index is 12.2. The van der Waals surface area contributed by atoms with Gasteiger partial charge in [0.15, 0.2) is 0 Å². The molecule has 0 aliphatic carbocycles. The van der Waals surface area contributed by atoms with Gasteiger partial charge in [0, 0.05) is 24.9 Å². The van der Waals surface area contributed by atoms with Crippen molar-refractivity contribution in [3.8, 4) is 0 Å². The molecule has 1 heterocycles. The third-order valence-corrected chi connectivity index (χ3v) is 3.73. The number of nitrogens with one attached hydrogen (secondary N) is 2. The monoisotopic (exact) mass is 358 g/mol. The summed E-state index contributed by atoms with van der Waals surface area (Å²) in [4.78, 5) is 34.4. The first-order chi connectivity index (χ1) is 12.5. The summed E-state index contributed by atoms with van der Waals surface area (Å²) < 4.78 is 5.17. The molecule has 0 fully saturated rings. The molecule has 0 aliphatic rings. The highest BCUT2D eigenvalue weighted by molar-refractivity contribution is 5.94. The molecule has 0 unspecified atom stereocenters. The molecule has 1 aromatic carbocycles. The van der Waals surface area contributed by atoms with E-state index in [4.69, 9.17) is 9.52 Å². The van der Waals surface area contributed by atoms with Crippen LogP contribution in [-0.2, 0) is 22.7 Å². The summed E-state index contributed by atoms with van der Waals surface area (Å²) in [5.41, 5.74) is 1.32. The second-order valence-electron chi connectivity index (χ2n) is 5.84. The van der Waals surface area contributed by atoms with Gasteiger partial charge in [-0.3, -0.25) is 14.4 Å². The largest absolute Gasteiger partial charge is 0.481 e. The molecule has 3 N–H and O–H groups in total. The zero-order valence-corrected chi connectivity index (χ0v) is 14.4. The van der Waals surface area contributed by atoms with Crippen molar-refractivity contribution in [2.45, 2.75) is 38.8 Å². The highest BCUT2D eigenvalue weighted by Gasteiger charge is 2.08. The average Bonchev–Trinajstić information content (AvgIpc) is 3.15. The van der Waals surface area contributed by atoms with E-state index in [1.807, 2.05) is 6.07 Å². The Morgan fingerprint density at radius 1 is 0.962 bits per heavy atom. The number of carboxylic acid groups (broad SMARTS) is 1. The molecule has 2 amide bonds. The van der Waals surface area contributed by atoms with Gasteiger partial charge < -0.3 is 20.2 Å². The zero-order valence-electron chi connectivity index (χ0n) is 14.4. The van der Waals surface area contributed by atoms with Crippen molar-refractivity contribution in [3.63, 3.8) is 0 Å². The Balaban J connectivity index is 1.76. The van der Waals surface area contributed by atoms with E-state index in [-0.39, 0.29) is 24.7 Å². The molecular weight excluding hydrogens is 336 g/mol. The predicted octanol–water partition coefficient (Wildman–Crippen LogP) is 2.47. The van der Waals surface area contributed by atoms with E-state index in [1.54, 1.807) is 36.6 Å². The van der Waals surface area contributed by atoms with Crippen LogP contribution >= 0.6 is 0 Å². The average molecular weight is 358 g/mol. The van der Waals surface area contributed by atoms with Crippen LogP contribution in [0.25, 0.3) is 0 Å². The third-order valence-electron chi connectivity index (χ3n) is 3.73. The van der Waals surface area contributed by atoms with E-state index >= 15 is 0 Å². The Hall–Kier alpha value is -3.09. The Morgan fingerprint density at radius 2 is 1.77 bits per heavy atom. The van der Waals surface area contributed by atoms with Crippen LogP contribution in [0.3, 0.4) is 0 Å². The van der Waals surface area contributed by atoms with Crippen molar-refractivity contribution in [2.24, 2.45) is 0 Å². The molecule has 0 aliphatic heterocycles. The van der Waals surface area contributed by atoms with Gasteiger partial charge in [-0.25, -0.2) is 0 Å². The van der Waals surface area contributed by atoms with Gasteiger partial charge in [-0.05, 0) is 42.7 Å². The summed E-state index contributed by atoms with van der Waals surface area (Å²) in [5.74, 6) is -0.538. The molecule has 7 heteroatoms. The number of hydrogen-bond acceptors (Lipinski definition) is 4. The van der Waals surface area contributed by atoms with Crippen LogP contribution in [0.5, 0.6) is 0 Å². The lowest BCUT2D eigenvalue weighted by molar-refractivity contribution is -0.137. The number of rotatable bonds is 10. The number of carboxylic acids is 1. The number of carbonyl (C=O) groups excluding carboxylic acids is 2. The minimum Gasteiger partial charge on any atom is -0.481 e. The van der Waals surface area contributed by atoms with E-state index < -0.39 is 5.97 Å². The van der Waals surface area contributed by atoms with Crippen LogP contribution in [0.2, 0.25) is 0 Å². The molecule has 0 saturated carbocycles. The van der Waals surface area contributed by atoms with Gasteiger partial charge in [0.1, 0.15) is 5.76 Å². The molecule has 0 saturated heterocycles. The summed E-state index contributed by atoms with van der Waals surface area (Å²) in [6.07, 6.45) is 2.92. The lowest BCUT2D eigenvalue weighted by Crippen LogP contribution is -2.24. The molecule has 0 atom stereocenters. The van der Waals surface area contributed by atoms with Crippen molar-refractivity contribution in [3.05, 3.63) is 59.5 Å². The van der Waals surface area contributed by atoms with Crippen LogP contribution in [-0.4, -0.2) is 22.9 Å². The molecule has 7 nitrogen and oxygen atoms in total. The first-order valence-corrected chi connectivity index (χ1v) is 8.42. The van der Waals surface area contributed by atoms with E-state index in [1.165, 1.54) is 0 Å². The highest BCUT2D eigenvalue weighted by atomic mass is 16.4. The number of furan rings is 1. The first kappa shape index (κ1) is 19.2. The molecule has 0 spiro atoms. The van der Waals surface area contributed by atoms with Gasteiger partial charge in [-0.15, -0.1) is 0 Å². The summed E-state index contributed by atoms with van der Waals surface area (Å²) in [6.45, 7) is 0.625. The van der Waals surface area contributed by atoms with E-state index in [9.17, 15) is 14.4 Å². The summed E-state index contributed by atoms with van der Waals surface area (Å²) >= 11 is 0. The quantitative estimate of drug-likeness (QED) is 0.565. The lowest BCUT2D eigenvalue weighted by atomic mass is 10.1. The van der Waals surface area contributed by atoms with Gasteiger partial charge in [0.05, 0.1) is 12.8 Å². The third kappa shape index (κ3) is 6.80. The second-order valence-corrected chi connectivity index (χ2v) is 5.84. The fourth-order valence-corrected chi connectivity index (χ4v) is 2.36. The van der Waals surface area contributed by atoms with E-state index in [2.05, 4.69) is 10.6 Å². The van der Waals surface area contributed by atoms with Crippen molar-refractivity contribution >= 4 is 17.8 Å². The Labute approximate surface area is 151 Å². The Morgan fingerprint density at radius 3 is 2.50 bits per heavy atom. The molecular formula is C19H22N2O5. The number of aliphatic carboxylic acids is 1. The fourth-order valence-electron chi connectivity index (χ4n) is 2.36. The van der Waals surface area contributed by atoms with E-state index in [0.29, 0.717) is 37.3 Å². The van der Waals surface area contributed by atoms with E-state index in [0.717, 1.165) is 5.56 Å². The fraction of sp³-hybridized carbons (Fsp3) is 0.316.